The molecule has 0 spiro atoms. The number of aliphatic hydroxyl groups excluding tert-OH is 3. The Labute approximate surface area is 133 Å². The Balaban J connectivity index is 2.02. The highest BCUT2D eigenvalue weighted by Crippen LogP contribution is 2.21. The largest absolute Gasteiger partial charge is 0.394 e. The molecule has 0 aromatic carbocycles. The summed E-state index contributed by atoms with van der Waals surface area (Å²) in [6, 6.07) is 0. The van der Waals surface area contributed by atoms with Crippen LogP contribution in [0.4, 0.5) is 0 Å². The van der Waals surface area contributed by atoms with Crippen molar-refractivity contribution >= 4 is 0 Å². The molecule has 5 nitrogen and oxygen atoms in total. The van der Waals surface area contributed by atoms with Gasteiger partial charge in [0.1, 0.15) is 24.4 Å². The van der Waals surface area contributed by atoms with E-state index in [0.29, 0.717) is 6.61 Å². The predicted molar refractivity (Wildman–Crippen MR) is 85.7 cm³/mol. The number of rotatable bonds is 13. The van der Waals surface area contributed by atoms with Crippen LogP contribution in [0.2, 0.25) is 0 Å². The lowest BCUT2D eigenvalue weighted by molar-refractivity contribution is -0.0938. The number of unbranched alkanes of at least 4 members (excludes halogenated alkanes) is 7. The van der Waals surface area contributed by atoms with E-state index in [1.165, 1.54) is 32.1 Å². The van der Waals surface area contributed by atoms with Gasteiger partial charge in [-0.1, -0.05) is 38.2 Å². The maximum Gasteiger partial charge on any atom is 0.114 e. The first-order valence-corrected chi connectivity index (χ1v) is 8.51. The van der Waals surface area contributed by atoms with Crippen molar-refractivity contribution in [2.45, 2.75) is 75.8 Å². The van der Waals surface area contributed by atoms with Gasteiger partial charge >= 0.3 is 0 Å². The van der Waals surface area contributed by atoms with Crippen molar-refractivity contribution in [2.75, 3.05) is 19.8 Å². The predicted octanol–water partition coefficient (Wildman–Crippen LogP) is 1.79. The van der Waals surface area contributed by atoms with Crippen molar-refractivity contribution in [1.29, 1.82) is 0 Å². The highest BCUT2D eigenvalue weighted by atomic mass is 16.6. The molecule has 130 valence electrons. The molecule has 0 aromatic heterocycles. The van der Waals surface area contributed by atoms with E-state index < -0.39 is 24.4 Å². The summed E-state index contributed by atoms with van der Waals surface area (Å²) in [6.07, 6.45) is 8.46. The molecular formula is C17H32O5. The van der Waals surface area contributed by atoms with Gasteiger partial charge < -0.3 is 24.8 Å². The van der Waals surface area contributed by atoms with Crippen molar-refractivity contribution in [3.8, 4) is 0 Å². The summed E-state index contributed by atoms with van der Waals surface area (Å²) in [6.45, 7) is 4.03. The Morgan fingerprint density at radius 2 is 1.77 bits per heavy atom. The molecule has 0 amide bonds. The average Bonchev–Trinajstić information content (AvgIpc) is 2.89. The molecule has 0 radical (unpaired) electrons. The van der Waals surface area contributed by atoms with Crippen molar-refractivity contribution in [2.24, 2.45) is 0 Å². The Hall–Kier alpha value is -0.460. The lowest BCUT2D eigenvalue weighted by Crippen LogP contribution is -2.42. The molecule has 5 heteroatoms. The Morgan fingerprint density at radius 3 is 2.41 bits per heavy atom. The average molecular weight is 316 g/mol. The molecule has 22 heavy (non-hydrogen) atoms. The summed E-state index contributed by atoms with van der Waals surface area (Å²) in [4.78, 5) is 0. The summed E-state index contributed by atoms with van der Waals surface area (Å²) >= 11 is 0. The Morgan fingerprint density at radius 1 is 1.14 bits per heavy atom. The summed E-state index contributed by atoms with van der Waals surface area (Å²) < 4.78 is 10.9. The molecule has 1 fully saturated rings. The molecule has 0 aromatic rings. The molecule has 1 heterocycles. The zero-order valence-corrected chi connectivity index (χ0v) is 13.5. The van der Waals surface area contributed by atoms with Crippen LogP contribution >= 0.6 is 0 Å². The third-order valence-electron chi connectivity index (χ3n) is 4.09. The van der Waals surface area contributed by atoms with Crippen molar-refractivity contribution in [1.82, 2.24) is 0 Å². The molecule has 1 rings (SSSR count). The SMILES string of the molecule is C=CCCCCCCCCCO[C@@H]1[C@H]([C@@H](O)CO)OC[C@H]1O. The van der Waals surface area contributed by atoms with Crippen LogP contribution in [0, 0.1) is 0 Å². The number of hydrogen-bond donors (Lipinski definition) is 3. The van der Waals surface area contributed by atoms with Gasteiger partial charge in [0.2, 0.25) is 0 Å². The quantitative estimate of drug-likeness (QED) is 0.357. The van der Waals surface area contributed by atoms with E-state index in [2.05, 4.69) is 6.58 Å². The second-order valence-electron chi connectivity index (χ2n) is 6.00. The van der Waals surface area contributed by atoms with E-state index >= 15 is 0 Å². The van der Waals surface area contributed by atoms with Crippen LogP contribution in [0.5, 0.6) is 0 Å². The summed E-state index contributed by atoms with van der Waals surface area (Å²) in [5, 5.41) is 28.4. The minimum absolute atomic E-state index is 0.150. The van der Waals surface area contributed by atoms with Crippen molar-refractivity contribution in [3.63, 3.8) is 0 Å². The van der Waals surface area contributed by atoms with E-state index in [9.17, 15) is 10.2 Å². The molecule has 0 unspecified atom stereocenters. The molecule has 0 saturated carbocycles. The van der Waals surface area contributed by atoms with Crippen LogP contribution in [0.3, 0.4) is 0 Å². The van der Waals surface area contributed by atoms with Gasteiger partial charge in [0.25, 0.3) is 0 Å². The van der Waals surface area contributed by atoms with Crippen LogP contribution < -0.4 is 0 Å². The van der Waals surface area contributed by atoms with Gasteiger partial charge in [-0.05, 0) is 19.3 Å². The molecule has 3 N–H and O–H groups in total. The highest BCUT2D eigenvalue weighted by molar-refractivity contribution is 4.89. The maximum absolute atomic E-state index is 9.80. The number of allylic oxidation sites excluding steroid dienone is 1. The summed E-state index contributed by atoms with van der Waals surface area (Å²) in [7, 11) is 0. The van der Waals surface area contributed by atoms with Gasteiger partial charge in [-0.2, -0.15) is 0 Å². The van der Waals surface area contributed by atoms with Gasteiger partial charge in [0.05, 0.1) is 13.2 Å². The van der Waals surface area contributed by atoms with E-state index in [0.717, 1.165) is 19.3 Å². The topological polar surface area (TPSA) is 79.2 Å². The first-order valence-electron chi connectivity index (χ1n) is 8.51. The summed E-state index contributed by atoms with van der Waals surface area (Å²) in [5.41, 5.74) is 0. The smallest absolute Gasteiger partial charge is 0.114 e. The lowest BCUT2D eigenvalue weighted by Gasteiger charge is -2.23. The van der Waals surface area contributed by atoms with Gasteiger partial charge in [-0.3, -0.25) is 0 Å². The third kappa shape index (κ3) is 7.20. The van der Waals surface area contributed by atoms with Crippen molar-refractivity contribution in [3.05, 3.63) is 12.7 Å². The van der Waals surface area contributed by atoms with Crippen LogP contribution in [-0.2, 0) is 9.47 Å². The fourth-order valence-corrected chi connectivity index (χ4v) is 2.75. The molecule has 1 aliphatic heterocycles. The molecule has 0 aliphatic carbocycles. The van der Waals surface area contributed by atoms with Gasteiger partial charge in [0, 0.05) is 6.61 Å². The van der Waals surface area contributed by atoms with Crippen LogP contribution in [0.25, 0.3) is 0 Å². The van der Waals surface area contributed by atoms with E-state index in [1.807, 2.05) is 6.08 Å². The minimum Gasteiger partial charge on any atom is -0.394 e. The normalized spacial score (nSPS) is 26.2. The molecule has 1 saturated heterocycles. The van der Waals surface area contributed by atoms with Crippen molar-refractivity contribution < 1.29 is 24.8 Å². The monoisotopic (exact) mass is 316 g/mol. The number of aliphatic hydroxyl groups is 3. The zero-order chi connectivity index (χ0) is 16.2. The maximum atomic E-state index is 9.80. The number of ether oxygens (including phenoxy) is 2. The molecular weight excluding hydrogens is 284 g/mol. The van der Waals surface area contributed by atoms with Crippen LogP contribution in [0.1, 0.15) is 51.4 Å². The molecule has 1 aliphatic rings. The minimum atomic E-state index is -1.00. The fourth-order valence-electron chi connectivity index (χ4n) is 2.75. The Kier molecular flexibility index (Phi) is 10.7. The Bertz CT molecular complexity index is 284. The number of hydrogen-bond acceptors (Lipinski definition) is 5. The molecule has 0 bridgehead atoms. The third-order valence-corrected chi connectivity index (χ3v) is 4.09. The van der Waals surface area contributed by atoms with Gasteiger partial charge in [-0.25, -0.2) is 0 Å². The lowest BCUT2D eigenvalue weighted by atomic mass is 10.1. The molecule has 4 atom stereocenters. The van der Waals surface area contributed by atoms with Gasteiger partial charge in [0.15, 0.2) is 0 Å². The second-order valence-corrected chi connectivity index (χ2v) is 6.00. The standard InChI is InChI=1S/C17H32O5/c1-2-3-4-5-6-7-8-9-10-11-21-17-15(20)13-22-16(17)14(19)12-18/h2,14-20H,1,3-13H2/t14-,15+,16-,17-/m0/s1. The highest BCUT2D eigenvalue weighted by Gasteiger charge is 2.40. The summed E-state index contributed by atoms with van der Waals surface area (Å²) in [5.74, 6) is 0. The fraction of sp³-hybridized carbons (Fsp3) is 0.882. The first kappa shape index (κ1) is 19.6. The van der Waals surface area contributed by atoms with Crippen LogP contribution in [0.15, 0.2) is 12.7 Å². The van der Waals surface area contributed by atoms with Gasteiger partial charge in [-0.15, -0.1) is 6.58 Å². The van der Waals surface area contributed by atoms with E-state index in [-0.39, 0.29) is 13.2 Å². The van der Waals surface area contributed by atoms with E-state index in [4.69, 9.17) is 14.6 Å². The van der Waals surface area contributed by atoms with Crippen LogP contribution in [-0.4, -0.2) is 59.6 Å². The second kappa shape index (κ2) is 12.0. The first-order chi connectivity index (χ1) is 10.7. The van der Waals surface area contributed by atoms with E-state index in [1.54, 1.807) is 0 Å². The zero-order valence-electron chi connectivity index (χ0n) is 13.5.